The van der Waals surface area contributed by atoms with Crippen LogP contribution in [0, 0.1) is 5.92 Å². The molecule has 2 amide bonds. The number of carbonyl (C=O) groups excluding carboxylic acids is 2. The Balaban J connectivity index is 1.83. The zero-order chi connectivity index (χ0) is 11.8. The van der Waals surface area contributed by atoms with Gasteiger partial charge in [0.05, 0.1) is 29.9 Å². The minimum absolute atomic E-state index is 0.00884. The highest BCUT2D eigenvalue weighted by Gasteiger charge is 2.43. The number of likely N-dealkylation sites (tertiary alicyclic amines) is 1. The van der Waals surface area contributed by atoms with E-state index in [0.29, 0.717) is 18.8 Å². The maximum Gasteiger partial charge on any atom is 0.275 e. The van der Waals surface area contributed by atoms with E-state index >= 15 is 0 Å². The van der Waals surface area contributed by atoms with E-state index in [-0.39, 0.29) is 23.8 Å². The van der Waals surface area contributed by atoms with Crippen LogP contribution >= 0.6 is 11.7 Å². The second-order valence-electron chi connectivity index (χ2n) is 4.35. The van der Waals surface area contributed by atoms with Gasteiger partial charge in [0.15, 0.2) is 5.69 Å². The van der Waals surface area contributed by atoms with Crippen LogP contribution in [0.4, 0.5) is 0 Å². The van der Waals surface area contributed by atoms with E-state index in [2.05, 4.69) is 14.1 Å². The smallest absolute Gasteiger partial charge is 0.275 e. The van der Waals surface area contributed by atoms with Gasteiger partial charge in [-0.15, -0.1) is 0 Å². The monoisotopic (exact) mass is 252 g/mol. The second-order valence-corrected chi connectivity index (χ2v) is 4.91. The van der Waals surface area contributed by atoms with Crippen LogP contribution in [-0.4, -0.2) is 44.6 Å². The molecule has 3 heterocycles. The average molecular weight is 252 g/mol. The van der Waals surface area contributed by atoms with E-state index in [9.17, 15) is 9.59 Å². The first kappa shape index (κ1) is 10.6. The molecule has 2 atom stereocenters. The van der Waals surface area contributed by atoms with Crippen LogP contribution in [0.25, 0.3) is 0 Å². The Labute approximate surface area is 102 Å². The number of amides is 2. The molecule has 0 aromatic carbocycles. The van der Waals surface area contributed by atoms with Gasteiger partial charge in [0.25, 0.3) is 5.91 Å². The molecule has 7 heteroatoms. The Kier molecular flexibility index (Phi) is 2.54. The van der Waals surface area contributed by atoms with E-state index in [4.69, 9.17) is 0 Å². The van der Waals surface area contributed by atoms with Crippen LogP contribution in [-0.2, 0) is 4.79 Å². The summed E-state index contributed by atoms with van der Waals surface area (Å²) in [5, 5.41) is 2.83. The highest BCUT2D eigenvalue weighted by molar-refractivity contribution is 6.99. The van der Waals surface area contributed by atoms with E-state index in [0.717, 1.165) is 24.6 Å². The summed E-state index contributed by atoms with van der Waals surface area (Å²) >= 11 is 1.03. The molecule has 0 spiro atoms. The number of hydrogen-bond acceptors (Lipinski definition) is 5. The number of piperidine rings is 1. The molecule has 90 valence electrons. The Morgan fingerprint density at radius 2 is 2.47 bits per heavy atom. The lowest BCUT2D eigenvalue weighted by atomic mass is 9.91. The lowest BCUT2D eigenvalue weighted by molar-refractivity contribution is -0.123. The summed E-state index contributed by atoms with van der Waals surface area (Å²) in [5.41, 5.74) is 0.384. The van der Waals surface area contributed by atoms with Gasteiger partial charge in [-0.1, -0.05) is 0 Å². The first-order valence-corrected chi connectivity index (χ1v) is 6.36. The van der Waals surface area contributed by atoms with Crippen molar-refractivity contribution >= 4 is 23.5 Å². The maximum absolute atomic E-state index is 12.2. The van der Waals surface area contributed by atoms with E-state index in [1.54, 1.807) is 4.90 Å². The summed E-state index contributed by atoms with van der Waals surface area (Å²) in [6.07, 6.45) is 3.23. The molecular weight excluding hydrogens is 240 g/mol. The molecule has 6 nitrogen and oxygen atoms in total. The molecule has 0 unspecified atom stereocenters. The summed E-state index contributed by atoms with van der Waals surface area (Å²) in [6.45, 7) is 1.26. The van der Waals surface area contributed by atoms with Gasteiger partial charge < -0.3 is 10.2 Å². The number of aromatic nitrogens is 2. The van der Waals surface area contributed by atoms with Crippen molar-refractivity contribution in [2.24, 2.45) is 5.92 Å². The lowest BCUT2D eigenvalue weighted by Crippen LogP contribution is -2.48. The van der Waals surface area contributed by atoms with E-state index in [1.807, 2.05) is 0 Å². The lowest BCUT2D eigenvalue weighted by Gasteiger charge is -2.35. The molecule has 2 aliphatic rings. The second kappa shape index (κ2) is 4.06. The third-order valence-corrected chi connectivity index (χ3v) is 3.92. The predicted octanol–water partition coefficient (Wildman–Crippen LogP) is -0.111. The number of nitrogens with one attached hydrogen (secondary N) is 1. The van der Waals surface area contributed by atoms with Gasteiger partial charge in [-0.05, 0) is 12.8 Å². The highest BCUT2D eigenvalue weighted by Crippen LogP contribution is 2.28. The standard InChI is InChI=1S/C10H12N4O2S/c15-9-6-2-1-3-14(8(6)5-11-9)10(16)7-4-12-17-13-7/h4,6,8H,1-3,5H2,(H,11,15)/t6-,8-/m0/s1. The van der Waals surface area contributed by atoms with Crippen molar-refractivity contribution < 1.29 is 9.59 Å². The molecule has 1 aromatic rings. The van der Waals surface area contributed by atoms with Crippen molar-refractivity contribution in [3.63, 3.8) is 0 Å². The van der Waals surface area contributed by atoms with Gasteiger partial charge in [-0.3, -0.25) is 9.59 Å². The van der Waals surface area contributed by atoms with Crippen LogP contribution < -0.4 is 5.32 Å². The summed E-state index contributed by atoms with van der Waals surface area (Å²) in [5.74, 6) is -0.0758. The van der Waals surface area contributed by atoms with Crippen LogP contribution in [0.3, 0.4) is 0 Å². The van der Waals surface area contributed by atoms with Crippen LogP contribution in [0.2, 0.25) is 0 Å². The molecule has 0 saturated carbocycles. The fourth-order valence-corrected chi connectivity index (χ4v) is 3.02. The molecule has 0 bridgehead atoms. The molecular formula is C10H12N4O2S. The zero-order valence-corrected chi connectivity index (χ0v) is 9.94. The van der Waals surface area contributed by atoms with E-state index in [1.165, 1.54) is 6.20 Å². The quantitative estimate of drug-likeness (QED) is 0.756. The molecule has 1 N–H and O–H groups in total. The first-order chi connectivity index (χ1) is 8.27. The molecule has 2 aliphatic heterocycles. The fraction of sp³-hybridized carbons (Fsp3) is 0.600. The number of nitrogens with zero attached hydrogens (tertiary/aromatic N) is 3. The molecule has 2 saturated heterocycles. The number of rotatable bonds is 1. The Hall–Kier alpha value is -1.50. The number of fused-ring (bicyclic) bond motifs is 1. The zero-order valence-electron chi connectivity index (χ0n) is 9.13. The maximum atomic E-state index is 12.2. The van der Waals surface area contributed by atoms with Crippen LogP contribution in [0.1, 0.15) is 23.3 Å². The Morgan fingerprint density at radius 1 is 1.59 bits per heavy atom. The van der Waals surface area contributed by atoms with Gasteiger partial charge in [0.2, 0.25) is 5.91 Å². The summed E-state index contributed by atoms with van der Waals surface area (Å²) in [6, 6.07) is -0.00884. The molecule has 0 radical (unpaired) electrons. The SMILES string of the molecule is O=C1NC[C@H]2[C@@H]1CCCN2C(=O)c1cnsn1. The number of hydrogen-bond donors (Lipinski definition) is 1. The van der Waals surface area contributed by atoms with Crippen molar-refractivity contribution in [3.05, 3.63) is 11.9 Å². The van der Waals surface area contributed by atoms with Gasteiger partial charge in [0, 0.05) is 13.1 Å². The van der Waals surface area contributed by atoms with Crippen LogP contribution in [0.5, 0.6) is 0 Å². The third-order valence-electron chi connectivity index (χ3n) is 3.44. The molecule has 2 fully saturated rings. The largest absolute Gasteiger partial charge is 0.354 e. The van der Waals surface area contributed by atoms with Gasteiger partial charge in [-0.2, -0.15) is 8.75 Å². The Morgan fingerprint density at radius 3 is 3.24 bits per heavy atom. The molecule has 3 rings (SSSR count). The molecule has 17 heavy (non-hydrogen) atoms. The Bertz CT molecular complexity index is 447. The topological polar surface area (TPSA) is 75.2 Å². The third kappa shape index (κ3) is 1.70. The fourth-order valence-electron chi connectivity index (χ4n) is 2.61. The average Bonchev–Trinajstić information content (AvgIpc) is 2.98. The summed E-state index contributed by atoms with van der Waals surface area (Å²) in [7, 11) is 0. The normalized spacial score (nSPS) is 27.8. The molecule has 1 aromatic heterocycles. The van der Waals surface area contributed by atoms with E-state index < -0.39 is 0 Å². The minimum atomic E-state index is -0.107. The summed E-state index contributed by atoms with van der Waals surface area (Å²) < 4.78 is 7.80. The predicted molar refractivity (Wildman–Crippen MR) is 60.5 cm³/mol. The van der Waals surface area contributed by atoms with Gasteiger partial charge in [-0.25, -0.2) is 0 Å². The summed E-state index contributed by atoms with van der Waals surface area (Å²) in [4.78, 5) is 25.6. The van der Waals surface area contributed by atoms with Crippen molar-refractivity contribution in [2.45, 2.75) is 18.9 Å². The van der Waals surface area contributed by atoms with Gasteiger partial charge in [0.1, 0.15) is 0 Å². The highest BCUT2D eigenvalue weighted by atomic mass is 32.1. The van der Waals surface area contributed by atoms with Crippen molar-refractivity contribution in [1.82, 2.24) is 19.0 Å². The van der Waals surface area contributed by atoms with Gasteiger partial charge >= 0.3 is 0 Å². The van der Waals surface area contributed by atoms with Crippen LogP contribution in [0.15, 0.2) is 6.20 Å². The van der Waals surface area contributed by atoms with Crippen molar-refractivity contribution in [2.75, 3.05) is 13.1 Å². The molecule has 0 aliphatic carbocycles. The van der Waals surface area contributed by atoms with Crippen molar-refractivity contribution in [1.29, 1.82) is 0 Å². The minimum Gasteiger partial charge on any atom is -0.354 e. The first-order valence-electron chi connectivity index (χ1n) is 5.63. The van der Waals surface area contributed by atoms with Crippen molar-refractivity contribution in [3.8, 4) is 0 Å². The number of carbonyl (C=O) groups is 2.